The summed E-state index contributed by atoms with van der Waals surface area (Å²) < 4.78 is 0. The van der Waals surface area contributed by atoms with Crippen molar-refractivity contribution in [3.8, 4) is 0 Å². The summed E-state index contributed by atoms with van der Waals surface area (Å²) in [5, 5.41) is 22.9. The van der Waals surface area contributed by atoms with E-state index in [9.17, 15) is 29.6 Å². The Kier molecular flexibility index (Phi) is 6.37. The number of hydrogen-bond acceptors (Lipinski definition) is 5. The van der Waals surface area contributed by atoms with E-state index in [2.05, 4.69) is 5.32 Å². The van der Waals surface area contributed by atoms with Crippen LogP contribution in [0.25, 0.3) is 0 Å². The summed E-state index contributed by atoms with van der Waals surface area (Å²) in [6, 6.07) is 3.81. The van der Waals surface area contributed by atoms with E-state index in [0.717, 1.165) is 17.4 Å². The first-order valence-electron chi connectivity index (χ1n) is 8.42. The third kappa shape index (κ3) is 4.19. The van der Waals surface area contributed by atoms with Crippen molar-refractivity contribution in [2.75, 3.05) is 13.6 Å². The van der Waals surface area contributed by atoms with E-state index in [1.807, 2.05) is 0 Å². The Hall–Kier alpha value is -2.68. The lowest BCUT2D eigenvalue weighted by molar-refractivity contribution is -0.385. The van der Waals surface area contributed by atoms with Gasteiger partial charge in [0.05, 0.1) is 16.5 Å². The SMILES string of the molecule is CN(C(=O)CNC(=O)c1c(Cl)cccc1[N+](=O)[O-])C1(C(=O)O)CCCCC1. The first kappa shape index (κ1) is 20.6. The summed E-state index contributed by atoms with van der Waals surface area (Å²) >= 11 is 5.89. The van der Waals surface area contributed by atoms with Gasteiger partial charge in [0.2, 0.25) is 5.91 Å². The third-order valence-electron chi connectivity index (χ3n) is 4.91. The molecule has 1 aromatic carbocycles. The van der Waals surface area contributed by atoms with Gasteiger partial charge in [0.1, 0.15) is 11.1 Å². The predicted octanol–water partition coefficient (Wildman–Crippen LogP) is 2.22. The molecule has 9 nitrogen and oxygen atoms in total. The number of carbonyl (C=O) groups excluding carboxylic acids is 2. The molecule has 0 unspecified atom stereocenters. The van der Waals surface area contributed by atoms with Gasteiger partial charge in [-0.25, -0.2) is 4.79 Å². The number of nitrogens with one attached hydrogen (secondary N) is 1. The van der Waals surface area contributed by atoms with Crippen molar-refractivity contribution >= 4 is 35.1 Å². The number of nitrogens with zero attached hydrogens (tertiary/aromatic N) is 2. The molecule has 10 heteroatoms. The number of carboxylic acids is 1. The lowest BCUT2D eigenvalue weighted by Gasteiger charge is -2.41. The lowest BCUT2D eigenvalue weighted by Crippen LogP contribution is -2.58. The lowest BCUT2D eigenvalue weighted by atomic mass is 9.80. The van der Waals surface area contributed by atoms with Gasteiger partial charge in [-0.1, -0.05) is 36.9 Å². The van der Waals surface area contributed by atoms with E-state index in [1.165, 1.54) is 19.2 Å². The Morgan fingerprint density at radius 3 is 2.48 bits per heavy atom. The van der Waals surface area contributed by atoms with E-state index in [1.54, 1.807) is 0 Å². The minimum absolute atomic E-state index is 0.114. The summed E-state index contributed by atoms with van der Waals surface area (Å²) in [5.74, 6) is -2.55. The number of nitro groups is 1. The monoisotopic (exact) mass is 397 g/mol. The minimum atomic E-state index is -1.30. The fourth-order valence-electron chi connectivity index (χ4n) is 3.32. The first-order valence-corrected chi connectivity index (χ1v) is 8.79. The number of nitro benzene ring substituents is 1. The summed E-state index contributed by atoms with van der Waals surface area (Å²) in [5.41, 5.74) is -2.11. The molecule has 2 amide bonds. The molecule has 0 atom stereocenters. The largest absolute Gasteiger partial charge is 0.479 e. The number of carbonyl (C=O) groups is 3. The van der Waals surface area contributed by atoms with Crippen LogP contribution in [0.1, 0.15) is 42.5 Å². The van der Waals surface area contributed by atoms with Crippen LogP contribution >= 0.6 is 11.6 Å². The number of hydrogen-bond donors (Lipinski definition) is 2. The number of amides is 2. The molecule has 1 saturated carbocycles. The first-order chi connectivity index (χ1) is 12.7. The van der Waals surface area contributed by atoms with Crippen LogP contribution < -0.4 is 5.32 Å². The molecule has 0 saturated heterocycles. The fourth-order valence-corrected chi connectivity index (χ4v) is 3.58. The Bertz CT molecular complexity index is 776. The maximum atomic E-state index is 12.5. The Morgan fingerprint density at radius 1 is 1.30 bits per heavy atom. The van der Waals surface area contributed by atoms with Crippen molar-refractivity contribution in [3.05, 3.63) is 38.9 Å². The van der Waals surface area contributed by atoms with E-state index in [0.29, 0.717) is 25.7 Å². The average molecular weight is 398 g/mol. The number of aliphatic carboxylic acids is 1. The Morgan fingerprint density at radius 2 is 1.93 bits per heavy atom. The van der Waals surface area contributed by atoms with Crippen LogP contribution in [0.15, 0.2) is 18.2 Å². The van der Waals surface area contributed by atoms with Crippen LogP contribution in [-0.2, 0) is 9.59 Å². The zero-order chi connectivity index (χ0) is 20.2. The Labute approximate surface area is 160 Å². The normalized spacial score (nSPS) is 15.6. The molecule has 0 radical (unpaired) electrons. The average Bonchev–Trinajstić information content (AvgIpc) is 2.65. The highest BCUT2D eigenvalue weighted by Gasteiger charge is 2.45. The molecule has 1 aromatic rings. The quantitative estimate of drug-likeness (QED) is 0.559. The summed E-state index contributed by atoms with van der Waals surface area (Å²) in [6.07, 6.45) is 2.98. The van der Waals surface area contributed by atoms with Crippen LogP contribution in [0.2, 0.25) is 5.02 Å². The highest BCUT2D eigenvalue weighted by molar-refractivity contribution is 6.34. The molecule has 0 heterocycles. The van der Waals surface area contributed by atoms with Crippen LogP contribution in [0.3, 0.4) is 0 Å². The van der Waals surface area contributed by atoms with Crippen molar-refractivity contribution in [1.29, 1.82) is 0 Å². The van der Waals surface area contributed by atoms with Crippen molar-refractivity contribution in [1.82, 2.24) is 10.2 Å². The van der Waals surface area contributed by atoms with Gasteiger partial charge in [-0.3, -0.25) is 19.7 Å². The zero-order valence-corrected chi connectivity index (χ0v) is 15.5. The summed E-state index contributed by atoms with van der Waals surface area (Å²) in [6.45, 7) is -0.493. The van der Waals surface area contributed by atoms with Crippen molar-refractivity contribution in [2.45, 2.75) is 37.6 Å². The fraction of sp³-hybridized carbons (Fsp3) is 0.471. The van der Waals surface area contributed by atoms with E-state index < -0.39 is 40.5 Å². The van der Waals surface area contributed by atoms with E-state index in [-0.39, 0.29) is 10.6 Å². The van der Waals surface area contributed by atoms with Gasteiger partial charge in [0.15, 0.2) is 0 Å². The third-order valence-corrected chi connectivity index (χ3v) is 5.23. The number of carboxylic acid groups (broad SMARTS) is 1. The molecule has 0 aliphatic heterocycles. The van der Waals surface area contributed by atoms with Gasteiger partial charge in [-0.2, -0.15) is 0 Å². The molecular weight excluding hydrogens is 378 g/mol. The zero-order valence-electron chi connectivity index (χ0n) is 14.7. The Balaban J connectivity index is 2.12. The molecule has 27 heavy (non-hydrogen) atoms. The molecule has 0 bridgehead atoms. The molecule has 1 aliphatic carbocycles. The highest BCUT2D eigenvalue weighted by Crippen LogP contribution is 2.33. The maximum Gasteiger partial charge on any atom is 0.329 e. The second-order valence-corrected chi connectivity index (χ2v) is 6.83. The second kappa shape index (κ2) is 8.34. The standard InChI is InChI=1S/C17H20ClN3O6/c1-20(17(16(24)25)8-3-2-4-9-17)13(22)10-19-15(23)14-11(18)6-5-7-12(14)21(26)27/h5-7H,2-4,8-10H2,1H3,(H,19,23)(H,24,25). The number of likely N-dealkylation sites (N-methyl/N-ethyl adjacent to an activating group) is 1. The molecule has 1 fully saturated rings. The molecule has 1 aliphatic rings. The summed E-state index contributed by atoms with van der Waals surface area (Å²) in [4.78, 5) is 48.0. The highest BCUT2D eigenvalue weighted by atomic mass is 35.5. The van der Waals surface area contributed by atoms with Crippen molar-refractivity contribution in [3.63, 3.8) is 0 Å². The molecular formula is C17H20ClN3O6. The van der Waals surface area contributed by atoms with Crippen molar-refractivity contribution in [2.24, 2.45) is 0 Å². The molecule has 0 aromatic heterocycles. The van der Waals surface area contributed by atoms with Gasteiger partial charge < -0.3 is 15.3 Å². The van der Waals surface area contributed by atoms with Crippen LogP contribution in [0.5, 0.6) is 0 Å². The minimum Gasteiger partial charge on any atom is -0.479 e. The number of halogens is 1. The van der Waals surface area contributed by atoms with Crippen LogP contribution in [-0.4, -0.2) is 51.8 Å². The number of rotatable bonds is 6. The number of benzene rings is 1. The van der Waals surface area contributed by atoms with Crippen LogP contribution in [0.4, 0.5) is 5.69 Å². The second-order valence-electron chi connectivity index (χ2n) is 6.42. The van der Waals surface area contributed by atoms with Gasteiger partial charge in [0.25, 0.3) is 11.6 Å². The van der Waals surface area contributed by atoms with Crippen molar-refractivity contribution < 1.29 is 24.4 Å². The predicted molar refractivity (Wildman–Crippen MR) is 96.7 cm³/mol. The molecule has 0 spiro atoms. The molecule has 2 N–H and O–H groups in total. The topological polar surface area (TPSA) is 130 Å². The summed E-state index contributed by atoms with van der Waals surface area (Å²) in [7, 11) is 1.39. The van der Waals surface area contributed by atoms with Gasteiger partial charge in [-0.05, 0) is 18.9 Å². The van der Waals surface area contributed by atoms with E-state index in [4.69, 9.17) is 11.6 Å². The van der Waals surface area contributed by atoms with Crippen LogP contribution in [0, 0.1) is 10.1 Å². The van der Waals surface area contributed by atoms with Gasteiger partial charge in [0, 0.05) is 13.1 Å². The smallest absolute Gasteiger partial charge is 0.329 e. The molecule has 146 valence electrons. The maximum absolute atomic E-state index is 12.5. The molecule has 2 rings (SSSR count). The van der Waals surface area contributed by atoms with Gasteiger partial charge in [-0.15, -0.1) is 0 Å². The van der Waals surface area contributed by atoms with Gasteiger partial charge >= 0.3 is 5.97 Å². The van der Waals surface area contributed by atoms with E-state index >= 15 is 0 Å².